The maximum Gasteiger partial charge on any atom is 0.264 e. The molecular formula is C18H16ClNO4. The number of hydrogen-bond acceptors (Lipinski definition) is 4. The monoisotopic (exact) mass is 345 g/mol. The number of halogens is 1. The number of amides is 1. The smallest absolute Gasteiger partial charge is 0.264 e. The van der Waals surface area contributed by atoms with E-state index in [1.54, 1.807) is 31.2 Å². The van der Waals surface area contributed by atoms with Gasteiger partial charge in [0.15, 0.2) is 11.4 Å². The molecule has 1 aromatic carbocycles. The van der Waals surface area contributed by atoms with Gasteiger partial charge in [-0.05, 0) is 37.3 Å². The number of nitrogens with zero attached hydrogens (tertiary/aromatic N) is 1. The van der Waals surface area contributed by atoms with Crippen LogP contribution < -0.4 is 4.90 Å². The molecule has 2 aromatic rings. The van der Waals surface area contributed by atoms with Crippen LogP contribution in [0.4, 0.5) is 5.69 Å². The predicted molar refractivity (Wildman–Crippen MR) is 90.3 cm³/mol. The van der Waals surface area contributed by atoms with Crippen molar-refractivity contribution >= 4 is 29.0 Å². The Morgan fingerprint density at radius 1 is 1.42 bits per heavy atom. The lowest BCUT2D eigenvalue weighted by Gasteiger charge is -2.21. The molecule has 0 radical (unpaired) electrons. The van der Waals surface area contributed by atoms with Crippen molar-refractivity contribution in [1.29, 1.82) is 0 Å². The van der Waals surface area contributed by atoms with Crippen LogP contribution in [0.1, 0.15) is 28.3 Å². The molecule has 5 nitrogen and oxygen atoms in total. The quantitative estimate of drug-likeness (QED) is 0.667. The van der Waals surface area contributed by atoms with Gasteiger partial charge in [-0.1, -0.05) is 17.7 Å². The minimum Gasteiger partial charge on any atom is -0.458 e. The van der Waals surface area contributed by atoms with Crippen molar-refractivity contribution in [3.63, 3.8) is 0 Å². The fourth-order valence-electron chi connectivity index (χ4n) is 2.91. The van der Waals surface area contributed by atoms with Gasteiger partial charge in [0.05, 0.1) is 12.1 Å². The Labute approximate surface area is 144 Å². The normalized spacial score (nSPS) is 19.5. The molecule has 24 heavy (non-hydrogen) atoms. The predicted octanol–water partition coefficient (Wildman–Crippen LogP) is 3.23. The number of aryl methyl sites for hydroxylation is 1. The van der Waals surface area contributed by atoms with E-state index in [1.807, 2.05) is 0 Å². The number of benzene rings is 1. The Kier molecular flexibility index (Phi) is 4.07. The second-order valence-electron chi connectivity index (χ2n) is 5.74. The Hall–Kier alpha value is -2.37. The van der Waals surface area contributed by atoms with Crippen molar-refractivity contribution in [3.05, 3.63) is 65.1 Å². The van der Waals surface area contributed by atoms with Gasteiger partial charge in [0, 0.05) is 17.1 Å². The maximum atomic E-state index is 12.8. The van der Waals surface area contributed by atoms with Crippen LogP contribution >= 0.6 is 11.6 Å². The molecule has 0 saturated heterocycles. The van der Waals surface area contributed by atoms with E-state index in [0.29, 0.717) is 22.0 Å². The van der Waals surface area contributed by atoms with Crippen LogP contribution in [0.25, 0.3) is 0 Å². The lowest BCUT2D eigenvalue weighted by atomic mass is 9.89. The van der Waals surface area contributed by atoms with Crippen molar-refractivity contribution in [2.24, 2.45) is 0 Å². The fourth-order valence-corrected chi connectivity index (χ4v) is 3.08. The van der Waals surface area contributed by atoms with E-state index in [4.69, 9.17) is 16.0 Å². The van der Waals surface area contributed by atoms with Crippen molar-refractivity contribution in [3.8, 4) is 0 Å². The second-order valence-corrected chi connectivity index (χ2v) is 6.17. The summed E-state index contributed by atoms with van der Waals surface area (Å²) in [6.45, 7) is 5.57. The molecule has 2 heterocycles. The van der Waals surface area contributed by atoms with E-state index in [1.165, 1.54) is 17.0 Å². The number of hydrogen-bond donors (Lipinski definition) is 1. The lowest BCUT2D eigenvalue weighted by molar-refractivity contribution is -0.135. The van der Waals surface area contributed by atoms with E-state index < -0.39 is 23.7 Å². The molecule has 124 valence electrons. The van der Waals surface area contributed by atoms with Crippen molar-refractivity contribution in [1.82, 2.24) is 0 Å². The van der Waals surface area contributed by atoms with Crippen LogP contribution in [0, 0.1) is 6.92 Å². The number of carbonyl (C=O) groups excluding carboxylic acids is 2. The van der Waals surface area contributed by atoms with Gasteiger partial charge < -0.3 is 14.4 Å². The molecule has 1 atom stereocenters. The molecular weight excluding hydrogens is 330 g/mol. The molecule has 0 fully saturated rings. The number of furan rings is 1. The van der Waals surface area contributed by atoms with Crippen molar-refractivity contribution in [2.45, 2.75) is 18.9 Å². The first-order chi connectivity index (χ1) is 11.4. The zero-order valence-electron chi connectivity index (χ0n) is 13.1. The first kappa shape index (κ1) is 16.5. The minimum atomic E-state index is -1.97. The summed E-state index contributed by atoms with van der Waals surface area (Å²) in [5.74, 6) is -0.332. The number of aliphatic hydroxyl groups is 1. The molecule has 1 aromatic heterocycles. The summed E-state index contributed by atoms with van der Waals surface area (Å²) in [6.07, 6.45) is 1.14. The number of ketones is 1. The molecule has 0 spiro atoms. The first-order valence-electron chi connectivity index (χ1n) is 7.41. The molecule has 0 unspecified atom stereocenters. The molecule has 0 aliphatic carbocycles. The second kappa shape index (κ2) is 5.92. The molecule has 0 saturated carbocycles. The summed E-state index contributed by atoms with van der Waals surface area (Å²) < 4.78 is 5.29. The van der Waals surface area contributed by atoms with Crippen LogP contribution in [0.5, 0.6) is 0 Å². The van der Waals surface area contributed by atoms with Gasteiger partial charge in [0.1, 0.15) is 5.76 Å². The maximum absolute atomic E-state index is 12.8. The first-order valence-corrected chi connectivity index (χ1v) is 7.79. The largest absolute Gasteiger partial charge is 0.458 e. The van der Waals surface area contributed by atoms with Crippen molar-refractivity contribution < 1.29 is 19.1 Å². The average molecular weight is 346 g/mol. The van der Waals surface area contributed by atoms with Gasteiger partial charge in [-0.15, -0.1) is 6.58 Å². The van der Waals surface area contributed by atoms with Gasteiger partial charge in [-0.25, -0.2) is 0 Å². The van der Waals surface area contributed by atoms with E-state index in [0.717, 1.165) is 0 Å². The SMILES string of the molecule is C=CCN1C(=O)[C@](O)(CC(=O)c2ccc(C)o2)c2cc(Cl)ccc21. The number of anilines is 1. The summed E-state index contributed by atoms with van der Waals surface area (Å²) in [5.41, 5.74) is -1.13. The van der Waals surface area contributed by atoms with Crippen LogP contribution in [0.2, 0.25) is 5.02 Å². The van der Waals surface area contributed by atoms with Crippen molar-refractivity contribution in [2.75, 3.05) is 11.4 Å². The Morgan fingerprint density at radius 3 is 2.79 bits per heavy atom. The third-order valence-electron chi connectivity index (χ3n) is 4.04. The Bertz CT molecular complexity index is 841. The minimum absolute atomic E-state index is 0.111. The number of rotatable bonds is 5. The zero-order valence-corrected chi connectivity index (χ0v) is 13.8. The highest BCUT2D eigenvalue weighted by Gasteiger charge is 2.51. The summed E-state index contributed by atoms with van der Waals surface area (Å²) >= 11 is 6.02. The molecule has 0 bridgehead atoms. The standard InChI is InChI=1S/C18H16ClNO4/c1-3-8-20-14-6-5-12(19)9-13(14)18(23,17(20)22)10-15(21)16-7-4-11(2)24-16/h3-7,9,23H,1,8,10H2,2H3/t18-/m0/s1. The van der Waals surface area contributed by atoms with Gasteiger partial charge in [0.2, 0.25) is 5.78 Å². The number of fused-ring (bicyclic) bond motifs is 1. The van der Waals surface area contributed by atoms with Gasteiger partial charge in [0.25, 0.3) is 5.91 Å². The Morgan fingerprint density at radius 2 is 2.17 bits per heavy atom. The highest BCUT2D eigenvalue weighted by Crippen LogP contribution is 2.44. The molecule has 3 rings (SSSR count). The highest BCUT2D eigenvalue weighted by molar-refractivity contribution is 6.31. The summed E-state index contributed by atoms with van der Waals surface area (Å²) in [5, 5.41) is 11.4. The molecule has 1 aliphatic rings. The summed E-state index contributed by atoms with van der Waals surface area (Å²) in [7, 11) is 0. The van der Waals surface area contributed by atoms with E-state index in [-0.39, 0.29) is 12.3 Å². The molecule has 1 N–H and O–H groups in total. The summed E-state index contributed by atoms with van der Waals surface area (Å²) in [4.78, 5) is 26.6. The van der Waals surface area contributed by atoms with E-state index in [9.17, 15) is 14.7 Å². The van der Waals surface area contributed by atoms with Crippen LogP contribution in [-0.4, -0.2) is 23.3 Å². The highest BCUT2D eigenvalue weighted by atomic mass is 35.5. The fraction of sp³-hybridized carbons (Fsp3) is 0.222. The molecule has 1 aliphatic heterocycles. The van der Waals surface area contributed by atoms with Crippen LogP contribution in [0.15, 0.2) is 47.4 Å². The Balaban J connectivity index is 2.02. The topological polar surface area (TPSA) is 70.8 Å². The zero-order chi connectivity index (χ0) is 17.5. The van der Waals surface area contributed by atoms with Gasteiger partial charge >= 0.3 is 0 Å². The van der Waals surface area contributed by atoms with Crippen LogP contribution in [0.3, 0.4) is 0 Å². The van der Waals surface area contributed by atoms with E-state index in [2.05, 4.69) is 6.58 Å². The third kappa shape index (κ3) is 2.56. The molecule has 6 heteroatoms. The van der Waals surface area contributed by atoms with E-state index >= 15 is 0 Å². The van der Waals surface area contributed by atoms with Crippen LogP contribution in [-0.2, 0) is 10.4 Å². The van der Waals surface area contributed by atoms with Gasteiger partial charge in [-0.2, -0.15) is 0 Å². The number of Topliss-reactive ketones (excluding diaryl/α,β-unsaturated/α-hetero) is 1. The van der Waals surface area contributed by atoms with Gasteiger partial charge in [-0.3, -0.25) is 9.59 Å². The lowest BCUT2D eigenvalue weighted by Crippen LogP contribution is -2.41. The number of carbonyl (C=O) groups is 2. The summed E-state index contributed by atoms with van der Waals surface area (Å²) in [6, 6.07) is 7.98. The average Bonchev–Trinajstić information content (AvgIpc) is 3.05. The molecule has 1 amide bonds. The third-order valence-corrected chi connectivity index (χ3v) is 4.27.